The van der Waals surface area contributed by atoms with E-state index in [4.69, 9.17) is 15.3 Å². The number of hydrogen-bond acceptors (Lipinski definition) is 6. The van der Waals surface area contributed by atoms with Gasteiger partial charge in [0.1, 0.15) is 0 Å². The van der Waals surface area contributed by atoms with Gasteiger partial charge in [0, 0.05) is 13.1 Å². The van der Waals surface area contributed by atoms with Crippen molar-refractivity contribution in [3.05, 3.63) is 0 Å². The first-order chi connectivity index (χ1) is 5.77. The molecule has 0 unspecified atom stereocenters. The van der Waals surface area contributed by atoms with Gasteiger partial charge in [0.15, 0.2) is 0 Å². The van der Waals surface area contributed by atoms with Crippen molar-refractivity contribution in [1.29, 1.82) is 0 Å². The third kappa shape index (κ3) is 1.85. The van der Waals surface area contributed by atoms with E-state index in [2.05, 4.69) is 10.2 Å². The zero-order valence-electron chi connectivity index (χ0n) is 6.90. The van der Waals surface area contributed by atoms with Gasteiger partial charge in [0.05, 0.1) is 6.61 Å². The van der Waals surface area contributed by atoms with Gasteiger partial charge in [-0.15, -0.1) is 0 Å². The lowest BCUT2D eigenvalue weighted by molar-refractivity contribution is 0.299. The van der Waals surface area contributed by atoms with Crippen LogP contribution in [0.2, 0.25) is 0 Å². The molecule has 0 radical (unpaired) electrons. The predicted octanol–water partition coefficient (Wildman–Crippen LogP) is -0.530. The smallest absolute Gasteiger partial charge is 0.319 e. The number of nitrogens with two attached hydrogens (primary N) is 1. The quantitative estimate of drug-likeness (QED) is 0.634. The Morgan fingerprint density at radius 3 is 2.75 bits per heavy atom. The molecule has 1 aromatic rings. The first-order valence-electron chi connectivity index (χ1n) is 3.72. The summed E-state index contributed by atoms with van der Waals surface area (Å²) in [5.74, 6) is 0. The summed E-state index contributed by atoms with van der Waals surface area (Å²) in [5.41, 5.74) is 5.24. The van der Waals surface area contributed by atoms with E-state index in [9.17, 15) is 0 Å². The minimum absolute atomic E-state index is 0.0430. The maximum absolute atomic E-state index is 8.67. The van der Waals surface area contributed by atoms with Crippen molar-refractivity contribution in [1.82, 2.24) is 10.2 Å². The zero-order valence-corrected chi connectivity index (χ0v) is 6.90. The van der Waals surface area contributed by atoms with Gasteiger partial charge < -0.3 is 20.2 Å². The molecule has 6 nitrogen and oxygen atoms in total. The van der Waals surface area contributed by atoms with E-state index < -0.39 is 0 Å². The molecule has 3 N–H and O–H groups in total. The van der Waals surface area contributed by atoms with Crippen LogP contribution >= 0.6 is 0 Å². The van der Waals surface area contributed by atoms with Gasteiger partial charge in [-0.1, -0.05) is 10.2 Å². The van der Waals surface area contributed by atoms with E-state index in [0.717, 1.165) is 0 Å². The van der Waals surface area contributed by atoms with Gasteiger partial charge in [-0.25, -0.2) is 0 Å². The number of nitrogens with zero attached hydrogens (tertiary/aromatic N) is 3. The summed E-state index contributed by atoms with van der Waals surface area (Å²) in [7, 11) is 0. The van der Waals surface area contributed by atoms with Crippen LogP contribution in [0.1, 0.15) is 6.92 Å². The highest BCUT2D eigenvalue weighted by Gasteiger charge is 2.09. The third-order valence-electron chi connectivity index (χ3n) is 1.45. The molecule has 0 aliphatic heterocycles. The minimum Gasteiger partial charge on any atom is -0.395 e. The zero-order chi connectivity index (χ0) is 8.97. The van der Waals surface area contributed by atoms with Crippen LogP contribution in [0, 0.1) is 0 Å². The Morgan fingerprint density at radius 1 is 1.58 bits per heavy atom. The summed E-state index contributed by atoms with van der Waals surface area (Å²) in [6, 6.07) is 0.394. The van der Waals surface area contributed by atoms with Crippen molar-refractivity contribution in [3.8, 4) is 0 Å². The van der Waals surface area contributed by atoms with Crippen molar-refractivity contribution < 1.29 is 9.52 Å². The van der Waals surface area contributed by atoms with Crippen LogP contribution in [0.4, 0.5) is 12.0 Å². The first-order valence-corrected chi connectivity index (χ1v) is 3.72. The Labute approximate surface area is 70.0 Å². The molecule has 12 heavy (non-hydrogen) atoms. The van der Waals surface area contributed by atoms with E-state index in [1.807, 2.05) is 6.92 Å². The molecule has 1 heterocycles. The van der Waals surface area contributed by atoms with Crippen molar-refractivity contribution in [2.45, 2.75) is 6.92 Å². The van der Waals surface area contributed by atoms with Gasteiger partial charge in [-0.3, -0.25) is 0 Å². The molecule has 0 aromatic carbocycles. The SMILES string of the molecule is CCN(CCO)c1nnc(N)o1. The number of nitrogen functional groups attached to an aromatic ring is 1. The second-order valence-electron chi connectivity index (χ2n) is 2.23. The molecule has 0 aliphatic carbocycles. The average molecular weight is 172 g/mol. The molecule has 0 saturated heterocycles. The van der Waals surface area contributed by atoms with E-state index in [0.29, 0.717) is 19.1 Å². The lowest BCUT2D eigenvalue weighted by Crippen LogP contribution is -2.26. The lowest BCUT2D eigenvalue weighted by atomic mass is 10.5. The first kappa shape index (κ1) is 8.79. The molecule has 0 atom stereocenters. The molecule has 0 aliphatic rings. The number of hydrogen-bond donors (Lipinski definition) is 2. The molecule has 68 valence electrons. The maximum Gasteiger partial charge on any atom is 0.319 e. The summed E-state index contributed by atoms with van der Waals surface area (Å²) in [4.78, 5) is 1.74. The van der Waals surface area contributed by atoms with Crippen LogP contribution in [0.25, 0.3) is 0 Å². The summed E-state index contributed by atoms with van der Waals surface area (Å²) in [6.45, 7) is 3.15. The highest BCUT2D eigenvalue weighted by molar-refractivity contribution is 5.26. The van der Waals surface area contributed by atoms with Crippen molar-refractivity contribution in [2.75, 3.05) is 30.3 Å². The monoisotopic (exact) mass is 172 g/mol. The van der Waals surface area contributed by atoms with Gasteiger partial charge in [-0.2, -0.15) is 0 Å². The van der Waals surface area contributed by atoms with Crippen LogP contribution in [0.15, 0.2) is 4.42 Å². The normalized spacial score (nSPS) is 10.2. The Kier molecular flexibility index (Phi) is 2.87. The lowest BCUT2D eigenvalue weighted by Gasteiger charge is -2.15. The van der Waals surface area contributed by atoms with Gasteiger partial charge in [-0.05, 0) is 6.92 Å². The van der Waals surface area contributed by atoms with Gasteiger partial charge >= 0.3 is 12.0 Å². The van der Waals surface area contributed by atoms with Crippen LogP contribution in [0.5, 0.6) is 0 Å². The second kappa shape index (κ2) is 3.91. The van der Waals surface area contributed by atoms with Crippen LogP contribution in [0.3, 0.4) is 0 Å². The fourth-order valence-corrected chi connectivity index (χ4v) is 0.864. The van der Waals surface area contributed by atoms with E-state index >= 15 is 0 Å². The predicted molar refractivity (Wildman–Crippen MR) is 43.7 cm³/mol. The molecule has 0 spiro atoms. The number of anilines is 2. The third-order valence-corrected chi connectivity index (χ3v) is 1.45. The van der Waals surface area contributed by atoms with Gasteiger partial charge in [0.2, 0.25) is 0 Å². The summed E-state index contributed by atoms with van der Waals surface area (Å²) >= 11 is 0. The Balaban J connectivity index is 2.66. The Bertz CT molecular complexity index is 237. The molecular formula is C6H12N4O2. The molecule has 0 bridgehead atoms. The summed E-state index contributed by atoms with van der Waals surface area (Å²) in [5, 5.41) is 15.9. The van der Waals surface area contributed by atoms with E-state index in [1.54, 1.807) is 4.90 Å². The molecular weight excluding hydrogens is 160 g/mol. The molecule has 1 aromatic heterocycles. The van der Waals surface area contributed by atoms with Crippen molar-refractivity contribution in [2.24, 2.45) is 0 Å². The molecule has 6 heteroatoms. The fourth-order valence-electron chi connectivity index (χ4n) is 0.864. The molecule has 0 fully saturated rings. The second-order valence-corrected chi connectivity index (χ2v) is 2.23. The van der Waals surface area contributed by atoms with Crippen molar-refractivity contribution >= 4 is 12.0 Å². The highest BCUT2D eigenvalue weighted by atomic mass is 16.4. The maximum atomic E-state index is 8.67. The van der Waals surface area contributed by atoms with E-state index in [1.165, 1.54) is 0 Å². The number of rotatable bonds is 4. The minimum atomic E-state index is 0.0430. The topological polar surface area (TPSA) is 88.4 Å². The van der Waals surface area contributed by atoms with Crippen LogP contribution in [-0.2, 0) is 0 Å². The number of aliphatic hydroxyl groups is 1. The van der Waals surface area contributed by atoms with Crippen LogP contribution < -0.4 is 10.6 Å². The molecule has 1 rings (SSSR count). The highest BCUT2D eigenvalue weighted by Crippen LogP contribution is 2.11. The molecule has 0 saturated carbocycles. The average Bonchev–Trinajstić information content (AvgIpc) is 2.47. The number of likely N-dealkylation sites (N-methyl/N-ethyl adjacent to an activating group) is 1. The van der Waals surface area contributed by atoms with E-state index in [-0.39, 0.29) is 12.6 Å². The van der Waals surface area contributed by atoms with Crippen LogP contribution in [-0.4, -0.2) is 35.0 Å². The number of aliphatic hydroxyl groups excluding tert-OH is 1. The number of aromatic nitrogens is 2. The summed E-state index contributed by atoms with van der Waals surface area (Å²) in [6.07, 6.45) is 0. The van der Waals surface area contributed by atoms with Gasteiger partial charge in [0.25, 0.3) is 0 Å². The molecule has 0 amide bonds. The fraction of sp³-hybridized carbons (Fsp3) is 0.667. The Hall–Kier alpha value is -1.30. The summed E-state index contributed by atoms with van der Waals surface area (Å²) < 4.78 is 4.96. The van der Waals surface area contributed by atoms with Crippen molar-refractivity contribution in [3.63, 3.8) is 0 Å². The Morgan fingerprint density at radius 2 is 2.33 bits per heavy atom. The largest absolute Gasteiger partial charge is 0.395 e. The standard InChI is InChI=1S/C6H12N4O2/c1-2-10(3-4-11)6-9-8-5(7)12-6/h11H,2-4H2,1H3,(H2,7,8).